The number of aliphatic imine (C=N–C) groups is 1. The molecule has 0 N–H and O–H groups in total. The highest BCUT2D eigenvalue weighted by atomic mass is 16.1. The Hall–Kier alpha value is -2.87. The summed E-state index contributed by atoms with van der Waals surface area (Å²) >= 11 is 0. The average molecular weight is 236 g/mol. The first-order chi connectivity index (χ1) is 8.86. The van der Waals surface area contributed by atoms with Gasteiger partial charge in [0.25, 0.3) is 0 Å². The van der Waals surface area contributed by atoms with Crippen LogP contribution in [0.25, 0.3) is 21.6 Å². The number of carbonyl (C=O) groups excluding carboxylic acids is 1. The molecule has 0 heterocycles. The van der Waals surface area contributed by atoms with Gasteiger partial charge >= 0.3 is 0 Å². The zero-order valence-corrected chi connectivity index (χ0v) is 9.32. The van der Waals surface area contributed by atoms with E-state index in [0.29, 0.717) is 11.4 Å². The summed E-state index contributed by atoms with van der Waals surface area (Å²) in [5, 5.41) is 3.62. The van der Waals surface area contributed by atoms with Crippen LogP contribution in [0.2, 0.25) is 0 Å². The number of hydrogen-bond acceptors (Lipinski definition) is 3. The average Bonchev–Trinajstić information content (AvgIpc) is 2.41. The summed E-state index contributed by atoms with van der Waals surface area (Å²) in [6.07, 6.45) is 1.52. The molecule has 0 saturated carbocycles. The minimum Gasteiger partial charge on any atom is -0.211 e. The second-order valence-electron chi connectivity index (χ2n) is 3.43. The summed E-state index contributed by atoms with van der Waals surface area (Å²) in [5.41, 5.74) is 11.0. The first kappa shape index (κ1) is 11.6. The molecule has 2 aromatic carbocycles. The molecule has 0 spiro atoms. The number of hydrogen-bond donors (Lipinski definition) is 0. The van der Waals surface area contributed by atoms with Crippen LogP contribution in [-0.2, 0) is 4.79 Å². The molecule has 86 valence electrons. The van der Waals surface area contributed by atoms with Gasteiger partial charge in [-0.15, -0.1) is 0 Å². The molecule has 18 heavy (non-hydrogen) atoms. The van der Waals surface area contributed by atoms with Crippen molar-refractivity contribution < 1.29 is 4.79 Å². The lowest BCUT2D eigenvalue weighted by molar-refractivity contribution is 0.565. The Bertz CT molecular complexity index is 609. The Morgan fingerprint density at radius 2 is 1.50 bits per heavy atom. The molecule has 0 atom stereocenters. The smallest absolute Gasteiger partial charge is 0.211 e. The Morgan fingerprint density at radius 3 is 2.11 bits per heavy atom. The molecule has 0 saturated heterocycles. The van der Waals surface area contributed by atoms with Gasteiger partial charge < -0.3 is 0 Å². The highest BCUT2D eigenvalue weighted by Gasteiger charge is 2.07. The fourth-order valence-corrected chi connectivity index (χ4v) is 1.68. The first-order valence-electron chi connectivity index (χ1n) is 5.18. The quantitative estimate of drug-likeness (QED) is 0.258. The third-order valence-corrected chi connectivity index (χ3v) is 2.42. The van der Waals surface area contributed by atoms with Crippen LogP contribution < -0.4 is 0 Å². The van der Waals surface area contributed by atoms with E-state index in [-0.39, 0.29) is 0 Å². The van der Waals surface area contributed by atoms with E-state index in [2.05, 4.69) is 15.0 Å². The maximum atomic E-state index is 10.4. The third kappa shape index (κ3) is 2.28. The van der Waals surface area contributed by atoms with Gasteiger partial charge in [-0.25, -0.2) is 4.79 Å². The summed E-state index contributed by atoms with van der Waals surface area (Å²) in [7, 11) is 0. The van der Waals surface area contributed by atoms with Gasteiger partial charge in [0, 0.05) is 16.2 Å². The largest absolute Gasteiger partial charge is 0.240 e. The molecule has 5 heteroatoms. The highest BCUT2D eigenvalue weighted by Crippen LogP contribution is 2.36. The zero-order chi connectivity index (χ0) is 12.8. The Balaban J connectivity index is 2.69. The molecule has 0 aromatic heterocycles. The zero-order valence-electron chi connectivity index (χ0n) is 9.32. The Labute approximate surface area is 103 Å². The number of nitrogens with zero attached hydrogens (tertiary/aromatic N) is 4. The van der Waals surface area contributed by atoms with E-state index in [0.717, 1.165) is 11.1 Å². The van der Waals surface area contributed by atoms with Gasteiger partial charge in [-0.05, 0) is 17.2 Å². The van der Waals surface area contributed by atoms with Gasteiger partial charge in [0.1, 0.15) is 0 Å². The standard InChI is InChI=1S/C13H8N4O/c14-17-16-13-8-4-2-6-11(13)10-5-1-3-7-12(10)15-9-18/h1-8H. The second kappa shape index (κ2) is 5.46. The van der Waals surface area contributed by atoms with E-state index in [1.54, 1.807) is 24.3 Å². The highest BCUT2D eigenvalue weighted by molar-refractivity contribution is 5.84. The molecule has 0 fully saturated rings. The Kier molecular flexibility index (Phi) is 3.52. The first-order valence-corrected chi connectivity index (χ1v) is 5.18. The minimum atomic E-state index is 0.494. The predicted octanol–water partition coefficient (Wildman–Crippen LogP) is 4.26. The maximum absolute atomic E-state index is 10.4. The lowest BCUT2D eigenvalue weighted by Crippen LogP contribution is -1.79. The lowest BCUT2D eigenvalue weighted by Gasteiger charge is -2.07. The molecule has 0 unspecified atom stereocenters. The monoisotopic (exact) mass is 236 g/mol. The fourth-order valence-electron chi connectivity index (χ4n) is 1.68. The Morgan fingerprint density at radius 1 is 0.944 bits per heavy atom. The van der Waals surface area contributed by atoms with Gasteiger partial charge in [-0.3, -0.25) is 0 Å². The second-order valence-corrected chi connectivity index (χ2v) is 3.43. The molecular weight excluding hydrogens is 228 g/mol. The summed E-state index contributed by atoms with van der Waals surface area (Å²) in [6.45, 7) is 0. The molecule has 0 aliphatic heterocycles. The predicted molar refractivity (Wildman–Crippen MR) is 68.5 cm³/mol. The fraction of sp³-hybridized carbons (Fsp3) is 0. The third-order valence-electron chi connectivity index (χ3n) is 2.42. The summed E-state index contributed by atoms with van der Waals surface area (Å²) in [6, 6.07) is 14.2. The van der Waals surface area contributed by atoms with Crippen molar-refractivity contribution in [1.82, 2.24) is 0 Å². The van der Waals surface area contributed by atoms with Crippen molar-refractivity contribution in [3.63, 3.8) is 0 Å². The topological polar surface area (TPSA) is 78.2 Å². The van der Waals surface area contributed by atoms with Crippen LogP contribution >= 0.6 is 0 Å². The van der Waals surface area contributed by atoms with Crippen molar-refractivity contribution in [1.29, 1.82) is 0 Å². The lowest BCUT2D eigenvalue weighted by atomic mass is 10.0. The molecular formula is C13H8N4O. The van der Waals surface area contributed by atoms with Crippen LogP contribution in [0.1, 0.15) is 0 Å². The molecule has 0 aliphatic carbocycles. The van der Waals surface area contributed by atoms with E-state index >= 15 is 0 Å². The van der Waals surface area contributed by atoms with Crippen LogP contribution in [0.3, 0.4) is 0 Å². The van der Waals surface area contributed by atoms with Crippen molar-refractivity contribution >= 4 is 17.5 Å². The number of isocyanates is 1. The number of azide groups is 1. The van der Waals surface area contributed by atoms with Crippen LogP contribution in [0.4, 0.5) is 11.4 Å². The summed E-state index contributed by atoms with van der Waals surface area (Å²) in [5.74, 6) is 0. The van der Waals surface area contributed by atoms with Crippen LogP contribution in [0.15, 0.2) is 58.6 Å². The molecule has 2 aromatic rings. The summed E-state index contributed by atoms with van der Waals surface area (Å²) < 4.78 is 0. The molecule has 0 aliphatic rings. The van der Waals surface area contributed by atoms with Crippen molar-refractivity contribution in [3.8, 4) is 11.1 Å². The van der Waals surface area contributed by atoms with Gasteiger partial charge in [0.15, 0.2) is 0 Å². The SMILES string of the molecule is [N-]=[N+]=Nc1ccccc1-c1ccccc1N=C=O. The molecule has 0 amide bonds. The van der Waals surface area contributed by atoms with Crippen LogP contribution in [0.5, 0.6) is 0 Å². The maximum Gasteiger partial charge on any atom is 0.240 e. The van der Waals surface area contributed by atoms with Gasteiger partial charge in [0.05, 0.1) is 5.69 Å². The van der Waals surface area contributed by atoms with E-state index < -0.39 is 0 Å². The molecule has 0 radical (unpaired) electrons. The summed E-state index contributed by atoms with van der Waals surface area (Å²) in [4.78, 5) is 16.8. The number of benzene rings is 2. The number of para-hydroxylation sites is 1. The van der Waals surface area contributed by atoms with Gasteiger partial charge in [-0.1, -0.05) is 47.6 Å². The molecule has 2 rings (SSSR count). The molecule has 5 nitrogen and oxygen atoms in total. The van der Waals surface area contributed by atoms with E-state index in [1.165, 1.54) is 6.08 Å². The van der Waals surface area contributed by atoms with Crippen molar-refractivity contribution in [2.24, 2.45) is 10.1 Å². The minimum absolute atomic E-state index is 0.494. The molecule has 0 bridgehead atoms. The van der Waals surface area contributed by atoms with E-state index in [9.17, 15) is 4.79 Å². The van der Waals surface area contributed by atoms with Crippen molar-refractivity contribution in [2.75, 3.05) is 0 Å². The normalized spacial score (nSPS) is 9.11. The van der Waals surface area contributed by atoms with E-state index in [4.69, 9.17) is 5.53 Å². The van der Waals surface area contributed by atoms with Crippen LogP contribution in [-0.4, -0.2) is 6.08 Å². The number of rotatable bonds is 3. The van der Waals surface area contributed by atoms with Crippen molar-refractivity contribution in [2.45, 2.75) is 0 Å². The van der Waals surface area contributed by atoms with Crippen LogP contribution in [0, 0.1) is 0 Å². The van der Waals surface area contributed by atoms with Gasteiger partial charge in [0.2, 0.25) is 6.08 Å². The van der Waals surface area contributed by atoms with Gasteiger partial charge in [-0.2, -0.15) is 4.99 Å². The van der Waals surface area contributed by atoms with E-state index in [1.807, 2.05) is 24.3 Å². The van der Waals surface area contributed by atoms with Crippen molar-refractivity contribution in [3.05, 3.63) is 59.0 Å².